The fourth-order valence-corrected chi connectivity index (χ4v) is 8.27. The molecule has 44 heavy (non-hydrogen) atoms. The molecular formula is C29H37N5O8S2. The number of likely N-dealkylation sites (tertiary alicyclic amines) is 1. The van der Waals surface area contributed by atoms with Crippen LogP contribution in [0.2, 0.25) is 0 Å². The van der Waals surface area contributed by atoms with E-state index in [2.05, 4.69) is 5.32 Å². The second-order valence-electron chi connectivity index (χ2n) is 10.6. The van der Waals surface area contributed by atoms with Gasteiger partial charge >= 0.3 is 12.2 Å². The number of carbonyl (C=O) groups excluding carboxylic acids is 4. The molecule has 1 aromatic carbocycles. The van der Waals surface area contributed by atoms with Gasteiger partial charge in [-0.25, -0.2) is 18.0 Å². The van der Waals surface area contributed by atoms with E-state index in [0.29, 0.717) is 36.6 Å². The maximum atomic E-state index is 13.6. The molecule has 2 aromatic rings. The van der Waals surface area contributed by atoms with E-state index < -0.39 is 28.1 Å². The van der Waals surface area contributed by atoms with Crippen molar-refractivity contribution in [3.8, 4) is 0 Å². The van der Waals surface area contributed by atoms with E-state index in [4.69, 9.17) is 9.47 Å². The molecule has 0 unspecified atom stereocenters. The van der Waals surface area contributed by atoms with Crippen molar-refractivity contribution in [3.05, 3.63) is 45.8 Å². The second kappa shape index (κ2) is 13.5. The number of fused-ring (bicyclic) bond motifs is 1. The number of nitrogens with zero attached hydrogens (tertiary/aromatic N) is 4. The second-order valence-corrected chi connectivity index (χ2v) is 13.7. The maximum absolute atomic E-state index is 13.6. The summed E-state index contributed by atoms with van der Waals surface area (Å²) in [5, 5.41) is 3.31. The van der Waals surface area contributed by atoms with Gasteiger partial charge in [0.05, 0.1) is 30.2 Å². The number of sulfonamides is 1. The van der Waals surface area contributed by atoms with Gasteiger partial charge in [0.1, 0.15) is 5.00 Å². The fourth-order valence-electron chi connectivity index (χ4n) is 5.60. The lowest BCUT2D eigenvalue weighted by Crippen LogP contribution is -2.50. The monoisotopic (exact) mass is 647 g/mol. The summed E-state index contributed by atoms with van der Waals surface area (Å²) in [7, 11) is -3.84. The van der Waals surface area contributed by atoms with Crippen LogP contribution >= 0.6 is 11.3 Å². The number of hydrogen-bond acceptors (Lipinski definition) is 9. The molecule has 0 saturated carbocycles. The summed E-state index contributed by atoms with van der Waals surface area (Å²) in [6.45, 7) is 6.67. The van der Waals surface area contributed by atoms with Crippen molar-refractivity contribution in [2.24, 2.45) is 0 Å². The van der Waals surface area contributed by atoms with Crippen molar-refractivity contribution in [2.45, 2.75) is 44.6 Å². The number of carbonyl (C=O) groups is 4. The third-order valence-corrected chi connectivity index (χ3v) is 11.0. The first-order chi connectivity index (χ1) is 21.1. The molecule has 2 fully saturated rings. The Hall–Kier alpha value is -3.69. The third-order valence-electron chi connectivity index (χ3n) is 7.94. The van der Waals surface area contributed by atoms with E-state index in [9.17, 15) is 27.6 Å². The van der Waals surface area contributed by atoms with Crippen LogP contribution in [0.4, 0.5) is 14.6 Å². The summed E-state index contributed by atoms with van der Waals surface area (Å²) in [6.07, 6.45) is 1.43. The van der Waals surface area contributed by atoms with Crippen molar-refractivity contribution in [3.63, 3.8) is 0 Å². The average molecular weight is 648 g/mol. The summed E-state index contributed by atoms with van der Waals surface area (Å²) in [5.41, 5.74) is 1.53. The van der Waals surface area contributed by atoms with E-state index in [1.54, 1.807) is 23.6 Å². The molecule has 4 heterocycles. The lowest BCUT2D eigenvalue weighted by Gasteiger charge is -2.33. The molecule has 5 rings (SSSR count). The average Bonchev–Trinajstić information content (AvgIpc) is 3.69. The molecule has 238 valence electrons. The van der Waals surface area contributed by atoms with Crippen LogP contribution < -0.4 is 5.32 Å². The smallest absolute Gasteiger partial charge is 0.410 e. The first-order valence-corrected chi connectivity index (χ1v) is 17.1. The lowest BCUT2D eigenvalue weighted by atomic mass is 10.0. The molecule has 2 saturated heterocycles. The van der Waals surface area contributed by atoms with Crippen LogP contribution in [0.1, 0.15) is 57.8 Å². The Morgan fingerprint density at radius 2 is 1.43 bits per heavy atom. The van der Waals surface area contributed by atoms with Crippen molar-refractivity contribution < 1.29 is 37.1 Å². The van der Waals surface area contributed by atoms with Gasteiger partial charge in [-0.3, -0.25) is 9.59 Å². The van der Waals surface area contributed by atoms with Crippen LogP contribution in [-0.2, 0) is 32.5 Å². The van der Waals surface area contributed by atoms with Gasteiger partial charge in [-0.2, -0.15) is 4.31 Å². The third kappa shape index (κ3) is 6.54. The highest BCUT2D eigenvalue weighted by Crippen LogP contribution is 2.39. The Labute approximate surface area is 260 Å². The Kier molecular flexibility index (Phi) is 9.75. The van der Waals surface area contributed by atoms with Gasteiger partial charge < -0.3 is 29.5 Å². The fraction of sp³-hybridized carbons (Fsp3) is 0.517. The minimum atomic E-state index is -3.84. The van der Waals surface area contributed by atoms with Crippen molar-refractivity contribution in [1.82, 2.24) is 19.0 Å². The molecule has 0 bridgehead atoms. The molecule has 0 radical (unpaired) electrons. The summed E-state index contributed by atoms with van der Waals surface area (Å²) in [6, 6.07) is 5.65. The lowest BCUT2D eigenvalue weighted by molar-refractivity contribution is 0.0792. The van der Waals surface area contributed by atoms with Gasteiger partial charge in [-0.1, -0.05) is 0 Å². The zero-order chi connectivity index (χ0) is 31.4. The first kappa shape index (κ1) is 31.7. The Morgan fingerprint density at radius 1 is 0.818 bits per heavy atom. The Morgan fingerprint density at radius 3 is 2.05 bits per heavy atom. The number of thiophene rings is 1. The Bertz CT molecular complexity index is 1510. The number of anilines is 1. The molecule has 13 nitrogen and oxygen atoms in total. The van der Waals surface area contributed by atoms with Gasteiger partial charge in [-0.05, 0) is 62.9 Å². The zero-order valence-corrected chi connectivity index (χ0v) is 26.5. The van der Waals surface area contributed by atoms with Crippen molar-refractivity contribution in [1.29, 1.82) is 0 Å². The van der Waals surface area contributed by atoms with Gasteiger partial charge in [0.25, 0.3) is 11.8 Å². The number of amides is 4. The van der Waals surface area contributed by atoms with Crippen LogP contribution in [0.25, 0.3) is 0 Å². The molecular weight excluding hydrogens is 610 g/mol. The quantitative estimate of drug-likeness (QED) is 0.482. The Balaban J connectivity index is 1.31. The highest BCUT2D eigenvalue weighted by molar-refractivity contribution is 7.89. The van der Waals surface area contributed by atoms with Gasteiger partial charge in [0.2, 0.25) is 10.0 Å². The van der Waals surface area contributed by atoms with E-state index in [-0.39, 0.29) is 62.3 Å². The largest absolute Gasteiger partial charge is 0.450 e. The number of piperazine rings is 1. The van der Waals surface area contributed by atoms with E-state index in [1.165, 1.54) is 44.8 Å². The van der Waals surface area contributed by atoms with E-state index in [0.717, 1.165) is 23.3 Å². The SMILES string of the molecule is CCOC(=O)N1CCN(S(=O)(=O)c2ccc(C(=O)Nc3sc4c(c3C(=O)N3CCCC3)CCN(C(=O)OCC)C4)cc2)CC1. The summed E-state index contributed by atoms with van der Waals surface area (Å²) in [5.74, 6) is -0.613. The first-order valence-electron chi connectivity index (χ1n) is 14.8. The number of benzene rings is 1. The van der Waals surface area contributed by atoms with Gasteiger partial charge in [0, 0.05) is 56.3 Å². The number of ether oxygens (including phenoxy) is 2. The van der Waals surface area contributed by atoms with Crippen molar-refractivity contribution in [2.75, 3.05) is 64.3 Å². The number of nitrogens with one attached hydrogen (secondary N) is 1. The summed E-state index contributed by atoms with van der Waals surface area (Å²) in [4.78, 5) is 57.0. The van der Waals surface area contributed by atoms with Crippen LogP contribution in [0, 0.1) is 0 Å². The van der Waals surface area contributed by atoms with Gasteiger partial charge in [0.15, 0.2) is 0 Å². The van der Waals surface area contributed by atoms with E-state index in [1.807, 2.05) is 0 Å². The molecule has 0 aliphatic carbocycles. The van der Waals surface area contributed by atoms with Crippen LogP contribution in [0.15, 0.2) is 29.2 Å². The molecule has 0 spiro atoms. The van der Waals surface area contributed by atoms with Crippen LogP contribution in [0.5, 0.6) is 0 Å². The molecule has 4 amide bonds. The topological polar surface area (TPSA) is 146 Å². The predicted octanol–water partition coefficient (Wildman–Crippen LogP) is 3.21. The number of hydrogen-bond donors (Lipinski definition) is 1. The van der Waals surface area contributed by atoms with Gasteiger partial charge in [-0.15, -0.1) is 11.3 Å². The molecule has 1 N–H and O–H groups in total. The van der Waals surface area contributed by atoms with Crippen molar-refractivity contribution >= 4 is 50.4 Å². The highest BCUT2D eigenvalue weighted by Gasteiger charge is 2.34. The minimum Gasteiger partial charge on any atom is -0.450 e. The molecule has 15 heteroatoms. The summed E-state index contributed by atoms with van der Waals surface area (Å²) < 4.78 is 38.0. The van der Waals surface area contributed by atoms with Crippen LogP contribution in [-0.4, -0.2) is 110 Å². The molecule has 0 atom stereocenters. The van der Waals surface area contributed by atoms with Crippen LogP contribution in [0.3, 0.4) is 0 Å². The highest BCUT2D eigenvalue weighted by atomic mass is 32.2. The summed E-state index contributed by atoms with van der Waals surface area (Å²) >= 11 is 1.27. The van der Waals surface area contributed by atoms with E-state index >= 15 is 0 Å². The molecule has 1 aromatic heterocycles. The zero-order valence-electron chi connectivity index (χ0n) is 24.9. The molecule has 3 aliphatic rings. The molecule has 3 aliphatic heterocycles. The minimum absolute atomic E-state index is 0.0363. The normalized spacial score (nSPS) is 17.3. The number of rotatable bonds is 7. The standard InChI is InChI=1S/C29H37N5O8S2/c1-3-41-28(37)32-15-17-34(18-16-32)44(39,40)21-9-7-20(8-10-21)25(35)30-26-24(27(36)31-12-5-6-13-31)22-11-14-33(19-23(22)43-26)29(38)42-4-2/h7-10H,3-6,11-19H2,1-2H3,(H,30,35). The maximum Gasteiger partial charge on any atom is 0.410 e. The predicted molar refractivity (Wildman–Crippen MR) is 162 cm³/mol.